The maximum absolute atomic E-state index is 12.1. The molecule has 1 fully saturated rings. The minimum Gasteiger partial charge on any atom is -0.454 e. The highest BCUT2D eigenvalue weighted by atomic mass is 16.7. The van der Waals surface area contributed by atoms with Crippen molar-refractivity contribution in [3.05, 3.63) is 23.8 Å². The first kappa shape index (κ1) is 16.6. The predicted octanol–water partition coefficient (Wildman–Crippen LogP) is 2.51. The summed E-state index contributed by atoms with van der Waals surface area (Å²) in [6, 6.07) is 4.97. The minimum atomic E-state index is -0.548. The quantitative estimate of drug-likeness (QED) is 0.857. The number of hydrogen-bond donors (Lipinski definition) is 1. The number of nitrogens with one attached hydrogen (secondary N) is 1. The largest absolute Gasteiger partial charge is 0.454 e. The molecule has 1 aliphatic carbocycles. The molecule has 0 radical (unpaired) electrons. The number of hydrogen-bond acceptors (Lipinski definition) is 5. The van der Waals surface area contributed by atoms with Crippen LogP contribution in [0.2, 0.25) is 0 Å². The molecule has 3 unspecified atom stereocenters. The number of amides is 1. The van der Waals surface area contributed by atoms with E-state index in [2.05, 4.69) is 19.2 Å². The number of carbonyl (C=O) groups excluding carboxylic acids is 2. The summed E-state index contributed by atoms with van der Waals surface area (Å²) < 4.78 is 15.5. The lowest BCUT2D eigenvalue weighted by Gasteiger charge is -2.34. The van der Waals surface area contributed by atoms with E-state index in [4.69, 9.17) is 14.2 Å². The predicted molar refractivity (Wildman–Crippen MR) is 87.0 cm³/mol. The third-order valence-electron chi connectivity index (χ3n) is 5.00. The van der Waals surface area contributed by atoms with Crippen molar-refractivity contribution in [1.29, 1.82) is 0 Å². The number of benzene rings is 1. The van der Waals surface area contributed by atoms with Crippen molar-refractivity contribution in [3.63, 3.8) is 0 Å². The van der Waals surface area contributed by atoms with Gasteiger partial charge in [0, 0.05) is 6.04 Å². The molecule has 1 amide bonds. The fraction of sp³-hybridized carbons (Fsp3) is 0.556. The molecule has 1 aliphatic heterocycles. The lowest BCUT2D eigenvalue weighted by Crippen LogP contribution is -2.45. The summed E-state index contributed by atoms with van der Waals surface area (Å²) in [5, 5.41) is 2.99. The molecular weight excluding hydrogens is 310 g/mol. The van der Waals surface area contributed by atoms with E-state index in [1.807, 2.05) is 0 Å². The normalized spacial score (nSPS) is 25.2. The molecule has 1 aromatic carbocycles. The van der Waals surface area contributed by atoms with Crippen LogP contribution in [0.25, 0.3) is 0 Å². The van der Waals surface area contributed by atoms with Crippen LogP contribution in [0.4, 0.5) is 0 Å². The van der Waals surface area contributed by atoms with E-state index >= 15 is 0 Å². The maximum Gasteiger partial charge on any atom is 0.338 e. The SMILES string of the molecule is CC1CCCC(NC(=O)COC(=O)c2ccc3c(c2)OCO3)C1C. The zero-order valence-electron chi connectivity index (χ0n) is 14.0. The summed E-state index contributed by atoms with van der Waals surface area (Å²) in [5.41, 5.74) is 0.340. The molecule has 1 N–H and O–H groups in total. The average Bonchev–Trinajstić information content (AvgIpc) is 3.04. The van der Waals surface area contributed by atoms with Gasteiger partial charge in [0.15, 0.2) is 18.1 Å². The van der Waals surface area contributed by atoms with Crippen LogP contribution in [0.15, 0.2) is 18.2 Å². The van der Waals surface area contributed by atoms with Crippen LogP contribution in [-0.4, -0.2) is 31.3 Å². The molecule has 1 saturated carbocycles. The number of rotatable bonds is 4. The van der Waals surface area contributed by atoms with Crippen LogP contribution in [-0.2, 0) is 9.53 Å². The van der Waals surface area contributed by atoms with Crippen LogP contribution in [0.1, 0.15) is 43.5 Å². The van der Waals surface area contributed by atoms with E-state index in [9.17, 15) is 9.59 Å². The molecule has 1 heterocycles. The molecule has 0 aromatic heterocycles. The van der Waals surface area contributed by atoms with E-state index in [0.29, 0.717) is 28.9 Å². The Bertz CT molecular complexity index is 630. The van der Waals surface area contributed by atoms with E-state index in [1.165, 1.54) is 6.42 Å². The Labute approximate surface area is 141 Å². The van der Waals surface area contributed by atoms with Crippen molar-refractivity contribution in [3.8, 4) is 11.5 Å². The molecule has 3 atom stereocenters. The first-order chi connectivity index (χ1) is 11.5. The molecule has 0 spiro atoms. The van der Waals surface area contributed by atoms with E-state index in [1.54, 1.807) is 18.2 Å². The van der Waals surface area contributed by atoms with Gasteiger partial charge < -0.3 is 19.5 Å². The van der Waals surface area contributed by atoms with Gasteiger partial charge in [0.1, 0.15) is 0 Å². The van der Waals surface area contributed by atoms with Gasteiger partial charge in [-0.2, -0.15) is 0 Å². The molecule has 24 heavy (non-hydrogen) atoms. The first-order valence-corrected chi connectivity index (χ1v) is 8.40. The summed E-state index contributed by atoms with van der Waals surface area (Å²) in [6.45, 7) is 4.25. The smallest absolute Gasteiger partial charge is 0.338 e. The van der Waals surface area contributed by atoms with E-state index in [0.717, 1.165) is 12.8 Å². The summed E-state index contributed by atoms with van der Waals surface area (Å²) in [6.07, 6.45) is 3.30. The molecule has 2 aliphatic rings. The van der Waals surface area contributed by atoms with Crippen molar-refractivity contribution in [1.82, 2.24) is 5.32 Å². The maximum atomic E-state index is 12.1. The van der Waals surface area contributed by atoms with Crippen molar-refractivity contribution in [2.45, 2.75) is 39.2 Å². The van der Waals surface area contributed by atoms with Gasteiger partial charge in [-0.3, -0.25) is 4.79 Å². The second-order valence-electron chi connectivity index (χ2n) is 6.59. The van der Waals surface area contributed by atoms with Crippen molar-refractivity contribution < 1.29 is 23.8 Å². The molecule has 0 saturated heterocycles. The molecule has 6 nitrogen and oxygen atoms in total. The summed E-state index contributed by atoms with van der Waals surface area (Å²) in [7, 11) is 0. The van der Waals surface area contributed by atoms with Gasteiger partial charge in [0.05, 0.1) is 5.56 Å². The molecule has 6 heteroatoms. The average molecular weight is 333 g/mol. The van der Waals surface area contributed by atoms with Crippen LogP contribution in [0, 0.1) is 11.8 Å². The fourth-order valence-corrected chi connectivity index (χ4v) is 3.27. The van der Waals surface area contributed by atoms with Gasteiger partial charge in [-0.1, -0.05) is 26.7 Å². The Morgan fingerprint density at radius 1 is 1.21 bits per heavy atom. The van der Waals surface area contributed by atoms with Gasteiger partial charge in [-0.15, -0.1) is 0 Å². The zero-order chi connectivity index (χ0) is 17.1. The van der Waals surface area contributed by atoms with Crippen LogP contribution in [0.5, 0.6) is 11.5 Å². The number of fused-ring (bicyclic) bond motifs is 1. The third-order valence-corrected chi connectivity index (χ3v) is 5.00. The van der Waals surface area contributed by atoms with Crippen molar-refractivity contribution in [2.75, 3.05) is 13.4 Å². The van der Waals surface area contributed by atoms with E-state index < -0.39 is 5.97 Å². The zero-order valence-corrected chi connectivity index (χ0v) is 14.0. The first-order valence-electron chi connectivity index (χ1n) is 8.40. The number of ether oxygens (including phenoxy) is 3. The molecule has 0 bridgehead atoms. The van der Waals surface area contributed by atoms with E-state index in [-0.39, 0.29) is 25.3 Å². The van der Waals surface area contributed by atoms with Gasteiger partial charge >= 0.3 is 5.97 Å². The standard InChI is InChI=1S/C18H23NO5/c1-11-4-3-5-14(12(11)2)19-17(20)9-22-18(21)13-6-7-15-16(8-13)24-10-23-15/h6-8,11-12,14H,3-5,9-10H2,1-2H3,(H,19,20). The Hall–Kier alpha value is -2.24. The van der Waals surface area contributed by atoms with Gasteiger partial charge in [-0.25, -0.2) is 4.79 Å². The highest BCUT2D eigenvalue weighted by Crippen LogP contribution is 2.32. The highest BCUT2D eigenvalue weighted by Gasteiger charge is 2.28. The van der Waals surface area contributed by atoms with Gasteiger partial charge in [0.2, 0.25) is 6.79 Å². The second-order valence-corrected chi connectivity index (χ2v) is 6.59. The number of esters is 1. The second kappa shape index (κ2) is 7.11. The Balaban J connectivity index is 1.50. The number of carbonyl (C=O) groups is 2. The van der Waals surface area contributed by atoms with Gasteiger partial charge in [0.25, 0.3) is 5.91 Å². The van der Waals surface area contributed by atoms with Crippen LogP contribution in [0.3, 0.4) is 0 Å². The van der Waals surface area contributed by atoms with Crippen molar-refractivity contribution in [2.24, 2.45) is 11.8 Å². The Morgan fingerprint density at radius 2 is 2.00 bits per heavy atom. The van der Waals surface area contributed by atoms with Crippen molar-refractivity contribution >= 4 is 11.9 Å². The highest BCUT2D eigenvalue weighted by molar-refractivity contribution is 5.92. The molecule has 3 rings (SSSR count). The lowest BCUT2D eigenvalue weighted by atomic mass is 9.78. The Kier molecular flexibility index (Phi) is 4.92. The van der Waals surface area contributed by atoms with Gasteiger partial charge in [-0.05, 0) is 36.5 Å². The minimum absolute atomic E-state index is 0.147. The van der Waals surface area contributed by atoms with Crippen LogP contribution < -0.4 is 14.8 Å². The third kappa shape index (κ3) is 3.63. The monoisotopic (exact) mass is 333 g/mol. The van der Waals surface area contributed by atoms with Crippen LogP contribution >= 0.6 is 0 Å². The summed E-state index contributed by atoms with van der Waals surface area (Å²) in [5.74, 6) is 1.35. The molecular formula is C18H23NO5. The summed E-state index contributed by atoms with van der Waals surface area (Å²) in [4.78, 5) is 24.1. The fourth-order valence-electron chi connectivity index (χ4n) is 3.27. The topological polar surface area (TPSA) is 73.9 Å². The Morgan fingerprint density at radius 3 is 2.83 bits per heavy atom. The molecule has 1 aromatic rings. The molecule has 130 valence electrons. The lowest BCUT2D eigenvalue weighted by molar-refractivity contribution is -0.125. The summed E-state index contributed by atoms with van der Waals surface area (Å²) >= 11 is 0.